The number of hydrazine groups is 1. The molecule has 13 heteroatoms. The second-order valence-electron chi connectivity index (χ2n) is 10.7. The topological polar surface area (TPSA) is 193 Å². The van der Waals surface area contributed by atoms with E-state index in [0.29, 0.717) is 11.3 Å². The number of hydrogen-bond acceptors (Lipinski definition) is 7. The molecule has 0 spiro atoms. The van der Waals surface area contributed by atoms with Gasteiger partial charge in [-0.25, -0.2) is 14.6 Å². The molecule has 4 amide bonds. The summed E-state index contributed by atoms with van der Waals surface area (Å²) in [6, 6.07) is 8.40. The molecule has 2 aromatic carbocycles. The molecule has 0 radical (unpaired) electrons. The molecule has 0 aliphatic carbocycles. The van der Waals surface area contributed by atoms with Crippen molar-refractivity contribution in [3.05, 3.63) is 90.1 Å². The van der Waals surface area contributed by atoms with Gasteiger partial charge in [0.15, 0.2) is 0 Å². The molecule has 0 saturated heterocycles. The predicted octanol–water partition coefficient (Wildman–Crippen LogP) is 4.03. The SMILES string of the molecule is [2H]C([2H])(c1ccc(-c2ccccn2)cc1)N(C[C@H](O)[C@H](Cc1ccccc1)NC(=O)[C@@H](NC(=O)O)C(C([2H])([2H])[2H])(C([2H])([2H])[2H])C([2H])([2H])[2H])NC(=O)[C@@H](NC(=O)O)C(C([2H])([2H])[2H])(C([2H])([2H])[2H])C([2H])([2H])[2H]. The van der Waals surface area contributed by atoms with Crippen LogP contribution in [0.25, 0.3) is 11.3 Å². The van der Waals surface area contributed by atoms with E-state index in [2.05, 4.69) is 10.3 Å². The zero-order valence-electron chi connectivity index (χ0n) is 45.6. The summed E-state index contributed by atoms with van der Waals surface area (Å²) in [7, 11) is 0. The Hall–Kier alpha value is -5.01. The van der Waals surface area contributed by atoms with Gasteiger partial charge in [0, 0.05) is 49.5 Å². The number of rotatable bonds is 14. The molecule has 264 valence electrons. The molecule has 4 atom stereocenters. The van der Waals surface area contributed by atoms with E-state index < -0.39 is 125 Å². The van der Waals surface area contributed by atoms with Crippen LogP contribution in [-0.4, -0.2) is 80.1 Å². The lowest BCUT2D eigenvalue weighted by Gasteiger charge is -2.35. The van der Waals surface area contributed by atoms with Crippen LogP contribution in [0.15, 0.2) is 79.0 Å². The Kier molecular flexibility index (Phi) is 6.44. The number of aliphatic hydroxyl groups is 1. The van der Waals surface area contributed by atoms with Crippen molar-refractivity contribution in [3.8, 4) is 11.3 Å². The van der Waals surface area contributed by atoms with E-state index in [9.17, 15) is 37.2 Å². The molecule has 0 aliphatic heterocycles. The Bertz CT molecular complexity index is 2180. The third-order valence-corrected chi connectivity index (χ3v) is 6.74. The van der Waals surface area contributed by atoms with Gasteiger partial charge in [-0.1, -0.05) is 102 Å². The summed E-state index contributed by atoms with van der Waals surface area (Å²) in [5, 5.41) is 36.5. The molecule has 0 bridgehead atoms. The summed E-state index contributed by atoms with van der Waals surface area (Å²) < 4.78 is 164. The van der Waals surface area contributed by atoms with E-state index in [1.165, 1.54) is 59.3 Å². The molecule has 13 nitrogen and oxygen atoms in total. The standard InChI is InChI=1S/C36H48N6O7/c1-35(2,3)29(39-33(46)47)31(44)38-27(20-23-12-8-7-9-13-23)28(43)22-42(41-32(45)30(36(4,5)6)40-34(48)49)21-24-15-17-25(18-16-24)26-14-10-11-19-37-26/h7-19,27-30,39-40,43H,20-22H2,1-6H3,(H,38,44)(H,41,45)(H,46,47)(H,48,49)/t27-,28-,29+,30+/m0/s1/i1D3,2D3,3D3,4D3,5D3,6D3,21D2. The molecule has 1 aromatic heterocycles. The summed E-state index contributed by atoms with van der Waals surface area (Å²) in [5.74, 6) is -4.10. The second-order valence-corrected chi connectivity index (χ2v) is 10.7. The lowest BCUT2D eigenvalue weighted by Crippen LogP contribution is -2.60. The maximum absolute atomic E-state index is 14.4. The second kappa shape index (κ2) is 16.9. The number of carboxylic acid groups (broad SMARTS) is 2. The first-order chi connectivity index (χ1) is 31.2. The third-order valence-electron chi connectivity index (χ3n) is 6.74. The smallest absolute Gasteiger partial charge is 0.405 e. The minimum Gasteiger partial charge on any atom is -0.465 e. The highest BCUT2D eigenvalue weighted by Crippen LogP contribution is 2.22. The summed E-state index contributed by atoms with van der Waals surface area (Å²) in [4.78, 5) is 57.2. The Labute approximate surface area is 315 Å². The van der Waals surface area contributed by atoms with Gasteiger partial charge in [-0.2, -0.15) is 0 Å². The van der Waals surface area contributed by atoms with Crippen LogP contribution in [0.4, 0.5) is 9.59 Å². The van der Waals surface area contributed by atoms with E-state index in [0.717, 1.165) is 12.1 Å². The van der Waals surface area contributed by atoms with Crippen molar-refractivity contribution >= 4 is 24.0 Å². The van der Waals surface area contributed by atoms with Crippen molar-refractivity contribution in [3.63, 3.8) is 0 Å². The number of benzene rings is 2. The summed E-state index contributed by atoms with van der Waals surface area (Å²) in [6.45, 7) is -29.9. The third kappa shape index (κ3) is 12.2. The van der Waals surface area contributed by atoms with Crippen molar-refractivity contribution in [2.24, 2.45) is 10.8 Å². The van der Waals surface area contributed by atoms with E-state index in [4.69, 9.17) is 24.7 Å². The molecule has 1 heterocycles. The fourth-order valence-corrected chi connectivity index (χ4v) is 4.44. The molecule has 0 unspecified atom stereocenters. The Morgan fingerprint density at radius 1 is 0.776 bits per heavy atom. The van der Waals surface area contributed by atoms with Gasteiger partial charge in [-0.3, -0.25) is 20.0 Å². The van der Waals surface area contributed by atoms with Gasteiger partial charge in [0.05, 0.1) is 20.6 Å². The van der Waals surface area contributed by atoms with E-state index >= 15 is 0 Å². The molecule has 0 saturated carbocycles. The van der Waals surface area contributed by atoms with E-state index in [-0.39, 0.29) is 10.6 Å². The van der Waals surface area contributed by atoms with Crippen LogP contribution in [0.2, 0.25) is 0 Å². The summed E-state index contributed by atoms with van der Waals surface area (Å²) >= 11 is 0. The Morgan fingerprint density at radius 3 is 1.88 bits per heavy atom. The van der Waals surface area contributed by atoms with Crippen LogP contribution < -0.4 is 21.4 Å². The van der Waals surface area contributed by atoms with Crippen molar-refractivity contribution in [2.75, 3.05) is 6.54 Å². The lowest BCUT2D eigenvalue weighted by atomic mass is 9.85. The highest BCUT2D eigenvalue weighted by Gasteiger charge is 2.37. The largest absolute Gasteiger partial charge is 0.465 e. The van der Waals surface area contributed by atoms with Gasteiger partial charge < -0.3 is 31.3 Å². The lowest BCUT2D eigenvalue weighted by molar-refractivity contribution is -0.132. The van der Waals surface area contributed by atoms with Crippen molar-refractivity contribution in [2.45, 2.75) is 78.3 Å². The first-order valence-electron chi connectivity index (χ1n) is 24.3. The monoisotopic (exact) mass is 696 g/mol. The van der Waals surface area contributed by atoms with Crippen molar-refractivity contribution < 1.29 is 61.9 Å². The number of nitrogens with one attached hydrogen (secondary N) is 4. The first kappa shape index (κ1) is 18.7. The fraction of sp³-hybridized carbons (Fsp3) is 0.417. The molecule has 49 heavy (non-hydrogen) atoms. The number of pyridine rings is 1. The number of aliphatic hydroxyl groups excluding tert-OH is 1. The number of nitrogens with zero attached hydrogens (tertiary/aromatic N) is 2. The summed E-state index contributed by atoms with van der Waals surface area (Å²) in [6.07, 6.45) is -6.17. The van der Waals surface area contributed by atoms with Gasteiger partial charge >= 0.3 is 12.2 Å². The molecule has 0 fully saturated rings. The molecule has 7 N–H and O–H groups in total. The van der Waals surface area contributed by atoms with Crippen LogP contribution in [0.3, 0.4) is 0 Å². The number of amides is 4. The van der Waals surface area contributed by atoms with E-state index in [1.807, 2.05) is 5.43 Å². The van der Waals surface area contributed by atoms with Crippen LogP contribution in [-0.2, 0) is 22.5 Å². The van der Waals surface area contributed by atoms with Crippen LogP contribution in [0, 0.1) is 10.8 Å². The van der Waals surface area contributed by atoms with Crippen LogP contribution >= 0.6 is 0 Å². The summed E-state index contributed by atoms with van der Waals surface area (Å²) in [5.41, 5.74) is -6.14. The number of aromatic nitrogens is 1. The maximum atomic E-state index is 14.4. The van der Waals surface area contributed by atoms with Crippen molar-refractivity contribution in [1.82, 2.24) is 31.4 Å². The zero-order valence-corrected chi connectivity index (χ0v) is 25.6. The van der Waals surface area contributed by atoms with Crippen molar-refractivity contribution in [1.29, 1.82) is 0 Å². The molecule has 3 aromatic rings. The Morgan fingerprint density at radius 2 is 1.35 bits per heavy atom. The zero-order chi connectivity index (χ0) is 53.1. The predicted molar refractivity (Wildman–Crippen MR) is 185 cm³/mol. The first-order valence-corrected chi connectivity index (χ1v) is 14.3. The van der Waals surface area contributed by atoms with Gasteiger partial charge in [-0.15, -0.1) is 0 Å². The minimum absolute atomic E-state index is 0.143. The molecule has 3 rings (SSSR count). The normalized spacial score (nSPS) is 22.1. The minimum atomic E-state index is -4.28. The van der Waals surface area contributed by atoms with Crippen LogP contribution in [0.5, 0.6) is 0 Å². The van der Waals surface area contributed by atoms with Gasteiger partial charge in [-0.05, 0) is 40.5 Å². The number of carbonyl (C=O) groups excluding carboxylic acids is 2. The highest BCUT2D eigenvalue weighted by atomic mass is 16.4. The fourth-order valence-electron chi connectivity index (χ4n) is 4.44. The quantitative estimate of drug-likeness (QED) is 0.122. The number of hydrogen-bond donors (Lipinski definition) is 7. The van der Waals surface area contributed by atoms with Gasteiger partial charge in [0.2, 0.25) is 5.91 Å². The van der Waals surface area contributed by atoms with Gasteiger partial charge in [0.1, 0.15) is 12.1 Å². The average Bonchev–Trinajstić information content (AvgIpc) is 3.17. The highest BCUT2D eigenvalue weighted by molar-refractivity contribution is 5.86. The van der Waals surface area contributed by atoms with Gasteiger partial charge in [0.25, 0.3) is 5.91 Å². The Balaban J connectivity index is 2.37. The molecular formula is C36H48N6O7. The van der Waals surface area contributed by atoms with E-state index in [1.54, 1.807) is 18.2 Å². The van der Waals surface area contributed by atoms with Crippen LogP contribution in [0.1, 0.15) is 79.7 Å². The molecular weight excluding hydrogens is 628 g/mol. The molecule has 0 aliphatic rings. The number of carbonyl (C=O) groups is 4. The average molecular weight is 697 g/mol. The maximum Gasteiger partial charge on any atom is 0.405 e.